The van der Waals surface area contributed by atoms with Gasteiger partial charge in [0.1, 0.15) is 23.5 Å². The summed E-state index contributed by atoms with van der Waals surface area (Å²) in [6, 6.07) is 12.2. The van der Waals surface area contributed by atoms with Crippen molar-refractivity contribution in [3.63, 3.8) is 0 Å². The van der Waals surface area contributed by atoms with Gasteiger partial charge in [0.2, 0.25) is 0 Å². The van der Waals surface area contributed by atoms with E-state index in [-0.39, 0.29) is 6.17 Å². The molecule has 0 saturated carbocycles. The summed E-state index contributed by atoms with van der Waals surface area (Å²) >= 11 is 0. The highest BCUT2D eigenvalue weighted by molar-refractivity contribution is 5.77. The number of nitrogen functional groups attached to an aromatic ring is 1. The number of nitrogens with two attached hydrogens (primary N) is 1. The van der Waals surface area contributed by atoms with Crippen LogP contribution in [-0.2, 0) is 4.74 Å². The van der Waals surface area contributed by atoms with Gasteiger partial charge < -0.3 is 25.6 Å². The van der Waals surface area contributed by atoms with Crippen LogP contribution in [0.5, 0.6) is 0 Å². The van der Waals surface area contributed by atoms with E-state index in [9.17, 15) is 0 Å². The van der Waals surface area contributed by atoms with E-state index in [0.717, 1.165) is 54.8 Å². The molecule has 0 amide bonds. The molecule has 4 heterocycles. The van der Waals surface area contributed by atoms with Crippen molar-refractivity contribution in [2.45, 2.75) is 6.17 Å². The molecule has 0 spiro atoms. The molecule has 5 rings (SSSR count). The summed E-state index contributed by atoms with van der Waals surface area (Å²) in [4.78, 5) is 18.2. The molecule has 148 valence electrons. The first-order valence-corrected chi connectivity index (χ1v) is 9.70. The summed E-state index contributed by atoms with van der Waals surface area (Å²) in [6.07, 6.45) is 3.38. The Hall–Kier alpha value is -3.39. The Balaban J connectivity index is 1.43. The number of nitrogens with one attached hydrogen (secondary N) is 1. The van der Waals surface area contributed by atoms with Crippen molar-refractivity contribution in [1.82, 2.24) is 15.0 Å². The summed E-state index contributed by atoms with van der Waals surface area (Å²) in [6.45, 7) is 3.19. The second kappa shape index (κ2) is 7.21. The second-order valence-electron chi connectivity index (χ2n) is 7.21. The van der Waals surface area contributed by atoms with Crippen LogP contribution in [0.3, 0.4) is 0 Å². The number of benzene rings is 1. The molecule has 1 atom stereocenters. The zero-order valence-electron chi connectivity index (χ0n) is 16.2. The average molecular weight is 389 g/mol. The van der Waals surface area contributed by atoms with E-state index in [1.54, 1.807) is 6.20 Å². The largest absolute Gasteiger partial charge is 0.382 e. The van der Waals surface area contributed by atoms with Crippen LogP contribution in [-0.4, -0.2) is 48.3 Å². The Labute approximate surface area is 169 Å². The Morgan fingerprint density at radius 1 is 1.07 bits per heavy atom. The predicted molar refractivity (Wildman–Crippen MR) is 114 cm³/mol. The van der Waals surface area contributed by atoms with Crippen LogP contribution >= 0.6 is 0 Å². The zero-order chi connectivity index (χ0) is 19.8. The third-order valence-electron chi connectivity index (χ3n) is 5.43. The lowest BCUT2D eigenvalue weighted by Gasteiger charge is -2.27. The topological polar surface area (TPSA) is 92.4 Å². The third kappa shape index (κ3) is 3.21. The molecular weight excluding hydrogens is 366 g/mol. The van der Waals surface area contributed by atoms with Crippen molar-refractivity contribution in [2.24, 2.45) is 0 Å². The summed E-state index contributed by atoms with van der Waals surface area (Å²) < 4.78 is 5.41. The molecule has 2 aliphatic rings. The van der Waals surface area contributed by atoms with Crippen molar-refractivity contribution >= 4 is 23.0 Å². The normalized spacial score (nSPS) is 18.4. The highest BCUT2D eigenvalue weighted by Gasteiger charge is 2.30. The van der Waals surface area contributed by atoms with Gasteiger partial charge in [-0.1, -0.05) is 12.1 Å². The number of nitrogens with zero attached hydrogens (tertiary/aromatic N) is 5. The smallest absolute Gasteiger partial charge is 0.149 e. The van der Waals surface area contributed by atoms with Gasteiger partial charge in [-0.3, -0.25) is 0 Å². The van der Waals surface area contributed by atoms with Gasteiger partial charge in [0.25, 0.3) is 0 Å². The van der Waals surface area contributed by atoms with Gasteiger partial charge in [0, 0.05) is 31.9 Å². The SMILES string of the molecule is CN1c2ccccc2NC1c1nc(-c2ccc(N3CCOCC3)nc2)cnc1N. The number of morpholine rings is 1. The first kappa shape index (κ1) is 17.7. The van der Waals surface area contributed by atoms with E-state index < -0.39 is 0 Å². The van der Waals surface area contributed by atoms with Crippen molar-refractivity contribution in [1.29, 1.82) is 0 Å². The third-order valence-corrected chi connectivity index (χ3v) is 5.43. The minimum atomic E-state index is -0.166. The van der Waals surface area contributed by atoms with Crippen molar-refractivity contribution < 1.29 is 4.74 Å². The molecule has 0 radical (unpaired) electrons. The lowest BCUT2D eigenvalue weighted by molar-refractivity contribution is 0.122. The lowest BCUT2D eigenvalue weighted by Crippen LogP contribution is -2.36. The molecule has 0 bridgehead atoms. The van der Waals surface area contributed by atoms with E-state index in [0.29, 0.717) is 11.5 Å². The summed E-state index contributed by atoms with van der Waals surface area (Å²) in [5.74, 6) is 1.37. The first-order valence-electron chi connectivity index (χ1n) is 9.70. The Morgan fingerprint density at radius 3 is 2.66 bits per heavy atom. The summed E-state index contributed by atoms with van der Waals surface area (Å²) in [5, 5.41) is 3.48. The van der Waals surface area contributed by atoms with Crippen LogP contribution in [0.2, 0.25) is 0 Å². The van der Waals surface area contributed by atoms with Crippen molar-refractivity contribution in [3.8, 4) is 11.3 Å². The minimum absolute atomic E-state index is 0.166. The molecule has 2 aliphatic heterocycles. The number of hydrogen-bond donors (Lipinski definition) is 2. The number of pyridine rings is 1. The highest BCUT2D eigenvalue weighted by Crippen LogP contribution is 2.40. The molecule has 1 aromatic carbocycles. The molecule has 29 heavy (non-hydrogen) atoms. The van der Waals surface area contributed by atoms with Crippen LogP contribution < -0.4 is 20.9 Å². The number of para-hydroxylation sites is 2. The standard InChI is InChI=1S/C21H23N7O/c1-27-17-5-3-2-4-15(17)26-21(27)19-20(22)24-13-16(25-19)14-6-7-18(23-12-14)28-8-10-29-11-9-28/h2-7,12-13,21,26H,8-11H2,1H3,(H2,22,24). The van der Waals surface area contributed by atoms with E-state index in [2.05, 4.69) is 31.2 Å². The van der Waals surface area contributed by atoms with Crippen molar-refractivity contribution in [2.75, 3.05) is 54.2 Å². The van der Waals surface area contributed by atoms with Crippen LogP contribution in [0.25, 0.3) is 11.3 Å². The maximum absolute atomic E-state index is 6.19. The lowest BCUT2D eigenvalue weighted by atomic mass is 10.2. The maximum Gasteiger partial charge on any atom is 0.149 e. The average Bonchev–Trinajstić information content (AvgIpc) is 3.11. The van der Waals surface area contributed by atoms with Gasteiger partial charge in [-0.2, -0.15) is 0 Å². The quantitative estimate of drug-likeness (QED) is 0.706. The van der Waals surface area contributed by atoms with E-state index in [1.807, 2.05) is 43.6 Å². The summed E-state index contributed by atoms with van der Waals surface area (Å²) in [7, 11) is 2.02. The molecule has 1 unspecified atom stereocenters. The van der Waals surface area contributed by atoms with Gasteiger partial charge in [-0.05, 0) is 24.3 Å². The maximum atomic E-state index is 6.19. The molecule has 3 N–H and O–H groups in total. The fourth-order valence-corrected chi connectivity index (χ4v) is 3.81. The fourth-order valence-electron chi connectivity index (χ4n) is 3.81. The Kier molecular flexibility index (Phi) is 4.40. The number of ether oxygens (including phenoxy) is 1. The fraction of sp³-hybridized carbons (Fsp3) is 0.286. The molecule has 0 aliphatic carbocycles. The van der Waals surface area contributed by atoms with Crippen LogP contribution in [0.15, 0.2) is 48.8 Å². The molecular formula is C21H23N7O. The zero-order valence-corrected chi connectivity index (χ0v) is 16.2. The summed E-state index contributed by atoms with van der Waals surface area (Å²) in [5.41, 5.74) is 10.7. The predicted octanol–water partition coefficient (Wildman–Crippen LogP) is 2.52. The minimum Gasteiger partial charge on any atom is -0.382 e. The molecule has 2 aromatic heterocycles. The second-order valence-corrected chi connectivity index (χ2v) is 7.21. The van der Waals surface area contributed by atoms with Gasteiger partial charge in [-0.15, -0.1) is 0 Å². The van der Waals surface area contributed by atoms with E-state index in [4.69, 9.17) is 15.5 Å². The number of anilines is 4. The van der Waals surface area contributed by atoms with Gasteiger partial charge in [0.15, 0.2) is 0 Å². The number of rotatable bonds is 3. The van der Waals surface area contributed by atoms with Gasteiger partial charge >= 0.3 is 0 Å². The Morgan fingerprint density at radius 2 is 1.90 bits per heavy atom. The van der Waals surface area contributed by atoms with Gasteiger partial charge in [0.05, 0.1) is 36.5 Å². The molecule has 3 aromatic rings. The molecule has 1 saturated heterocycles. The molecule has 1 fully saturated rings. The number of hydrogen-bond acceptors (Lipinski definition) is 8. The monoisotopic (exact) mass is 389 g/mol. The Bertz CT molecular complexity index is 1020. The van der Waals surface area contributed by atoms with Gasteiger partial charge in [-0.25, -0.2) is 15.0 Å². The highest BCUT2D eigenvalue weighted by atomic mass is 16.5. The van der Waals surface area contributed by atoms with Crippen molar-refractivity contribution in [3.05, 3.63) is 54.5 Å². The van der Waals surface area contributed by atoms with E-state index in [1.165, 1.54) is 0 Å². The van der Waals surface area contributed by atoms with Crippen LogP contribution in [0.1, 0.15) is 11.9 Å². The first-order chi connectivity index (χ1) is 14.2. The van der Waals surface area contributed by atoms with Crippen LogP contribution in [0.4, 0.5) is 23.0 Å². The van der Waals surface area contributed by atoms with E-state index >= 15 is 0 Å². The molecule has 8 nitrogen and oxygen atoms in total. The number of fused-ring (bicyclic) bond motifs is 1. The van der Waals surface area contributed by atoms with Crippen LogP contribution in [0, 0.1) is 0 Å². The molecule has 8 heteroatoms. The number of aromatic nitrogens is 3.